The fourth-order valence-electron chi connectivity index (χ4n) is 2.88. The quantitative estimate of drug-likeness (QED) is 0.934. The molecule has 0 bridgehead atoms. The van der Waals surface area contributed by atoms with Gasteiger partial charge in [-0.25, -0.2) is 0 Å². The number of ether oxygens (including phenoxy) is 1. The van der Waals surface area contributed by atoms with Crippen molar-refractivity contribution in [3.8, 4) is 5.75 Å². The van der Waals surface area contributed by atoms with Gasteiger partial charge < -0.3 is 9.84 Å². The van der Waals surface area contributed by atoms with E-state index in [1.165, 1.54) is 17.5 Å². The molecule has 110 valence electrons. The van der Waals surface area contributed by atoms with Crippen LogP contribution in [0.15, 0.2) is 36.7 Å². The molecule has 0 saturated heterocycles. The Hall–Kier alpha value is -1.87. The van der Waals surface area contributed by atoms with Gasteiger partial charge in [-0.05, 0) is 55.9 Å². The third-order valence-electron chi connectivity index (χ3n) is 3.86. The maximum atomic E-state index is 10.6. The summed E-state index contributed by atoms with van der Waals surface area (Å²) < 4.78 is 5.64. The second-order valence-electron chi connectivity index (χ2n) is 5.90. The minimum absolute atomic E-state index is 0.0965. The van der Waals surface area contributed by atoms with Gasteiger partial charge >= 0.3 is 0 Å². The van der Waals surface area contributed by atoms with Crippen molar-refractivity contribution in [2.75, 3.05) is 0 Å². The van der Waals surface area contributed by atoms with Crippen LogP contribution in [0.2, 0.25) is 0 Å². The van der Waals surface area contributed by atoms with Gasteiger partial charge in [0.15, 0.2) is 0 Å². The van der Waals surface area contributed by atoms with Gasteiger partial charge in [0.1, 0.15) is 11.9 Å². The van der Waals surface area contributed by atoms with Crippen molar-refractivity contribution in [2.24, 2.45) is 0 Å². The maximum Gasteiger partial charge on any atom is 0.138 e. The molecule has 3 heteroatoms. The van der Waals surface area contributed by atoms with E-state index in [0.29, 0.717) is 5.75 Å². The highest BCUT2D eigenvalue weighted by Gasteiger charge is 2.16. The lowest BCUT2D eigenvalue weighted by Gasteiger charge is -2.15. The second kappa shape index (κ2) is 5.86. The van der Waals surface area contributed by atoms with Crippen molar-refractivity contribution >= 4 is 0 Å². The summed E-state index contributed by atoms with van der Waals surface area (Å²) in [7, 11) is 0. The number of hydrogen-bond donors (Lipinski definition) is 1. The Morgan fingerprint density at radius 3 is 2.67 bits per heavy atom. The summed E-state index contributed by atoms with van der Waals surface area (Å²) in [6.45, 7) is 3.95. The maximum absolute atomic E-state index is 10.6. The normalized spacial score (nSPS) is 15.0. The molecule has 1 aromatic heterocycles. The lowest BCUT2D eigenvalue weighted by molar-refractivity contribution is 0.215. The van der Waals surface area contributed by atoms with Gasteiger partial charge in [-0.2, -0.15) is 0 Å². The van der Waals surface area contributed by atoms with E-state index in [4.69, 9.17) is 4.74 Å². The van der Waals surface area contributed by atoms with E-state index in [1.54, 1.807) is 12.4 Å². The first-order valence-corrected chi connectivity index (χ1v) is 7.55. The SMILES string of the molecule is CC(C)Oc1cncc(C(O)c2ccc3c(c2)CCC3)c1. The molecular formula is C18H21NO2. The standard InChI is InChI=1S/C18H21NO2/c1-12(2)21-17-9-16(10-19-11-17)18(20)15-7-6-13-4-3-5-14(13)8-15/h6-12,18,20H,3-5H2,1-2H3. The molecule has 0 amide bonds. The van der Waals surface area contributed by atoms with Crippen LogP contribution in [-0.2, 0) is 12.8 Å². The van der Waals surface area contributed by atoms with Gasteiger partial charge in [0.25, 0.3) is 0 Å². The van der Waals surface area contributed by atoms with Gasteiger partial charge in [-0.15, -0.1) is 0 Å². The minimum Gasteiger partial charge on any atom is -0.489 e. The molecule has 0 aliphatic heterocycles. The number of pyridine rings is 1. The van der Waals surface area contributed by atoms with Crippen molar-refractivity contribution in [1.29, 1.82) is 0 Å². The fraction of sp³-hybridized carbons (Fsp3) is 0.389. The van der Waals surface area contributed by atoms with Gasteiger partial charge in [0.2, 0.25) is 0 Å². The topological polar surface area (TPSA) is 42.4 Å². The minimum atomic E-state index is -0.654. The summed E-state index contributed by atoms with van der Waals surface area (Å²) >= 11 is 0. The van der Waals surface area contributed by atoms with Gasteiger partial charge in [0, 0.05) is 11.8 Å². The Morgan fingerprint density at radius 1 is 1.05 bits per heavy atom. The Labute approximate surface area is 125 Å². The molecule has 0 fully saturated rings. The van der Waals surface area contributed by atoms with Crippen LogP contribution < -0.4 is 4.74 Å². The molecule has 21 heavy (non-hydrogen) atoms. The van der Waals surface area contributed by atoms with E-state index >= 15 is 0 Å². The number of nitrogens with zero attached hydrogens (tertiary/aromatic N) is 1. The highest BCUT2D eigenvalue weighted by Crippen LogP contribution is 2.29. The lowest BCUT2D eigenvalue weighted by Crippen LogP contribution is -2.07. The molecule has 1 N–H and O–H groups in total. The Morgan fingerprint density at radius 2 is 1.86 bits per heavy atom. The number of rotatable bonds is 4. The average Bonchev–Trinajstić information content (AvgIpc) is 2.93. The molecule has 1 aliphatic carbocycles. The number of aromatic nitrogens is 1. The predicted molar refractivity (Wildman–Crippen MR) is 82.5 cm³/mol. The van der Waals surface area contributed by atoms with Gasteiger partial charge in [-0.1, -0.05) is 18.2 Å². The monoisotopic (exact) mass is 283 g/mol. The van der Waals surface area contributed by atoms with Crippen LogP contribution in [0.4, 0.5) is 0 Å². The first-order chi connectivity index (χ1) is 10.1. The van der Waals surface area contributed by atoms with Crippen molar-refractivity contribution < 1.29 is 9.84 Å². The Balaban J connectivity index is 1.86. The lowest BCUT2D eigenvalue weighted by atomic mass is 9.99. The van der Waals surface area contributed by atoms with Crippen LogP contribution in [0.3, 0.4) is 0 Å². The van der Waals surface area contributed by atoms with Crippen molar-refractivity contribution in [1.82, 2.24) is 4.98 Å². The van der Waals surface area contributed by atoms with E-state index in [0.717, 1.165) is 24.0 Å². The van der Waals surface area contributed by atoms with Gasteiger partial charge in [-0.3, -0.25) is 4.98 Å². The number of fused-ring (bicyclic) bond motifs is 1. The third kappa shape index (κ3) is 3.08. The smallest absolute Gasteiger partial charge is 0.138 e. The van der Waals surface area contributed by atoms with Crippen LogP contribution in [0, 0.1) is 0 Å². The van der Waals surface area contributed by atoms with E-state index in [-0.39, 0.29) is 6.10 Å². The van der Waals surface area contributed by atoms with E-state index < -0.39 is 6.10 Å². The van der Waals surface area contributed by atoms with E-state index in [9.17, 15) is 5.11 Å². The molecule has 1 aliphatic rings. The van der Waals surface area contributed by atoms with E-state index in [1.807, 2.05) is 26.0 Å². The molecule has 0 radical (unpaired) electrons. The molecule has 1 heterocycles. The molecular weight excluding hydrogens is 262 g/mol. The zero-order valence-electron chi connectivity index (χ0n) is 12.5. The van der Waals surface area contributed by atoms with Crippen molar-refractivity contribution in [2.45, 2.75) is 45.3 Å². The van der Waals surface area contributed by atoms with E-state index in [2.05, 4.69) is 17.1 Å². The first kappa shape index (κ1) is 14.1. The molecule has 1 aromatic carbocycles. The summed E-state index contributed by atoms with van der Waals surface area (Å²) in [5.74, 6) is 0.697. The van der Waals surface area contributed by atoms with Crippen LogP contribution >= 0.6 is 0 Å². The highest BCUT2D eigenvalue weighted by molar-refractivity contribution is 5.39. The number of benzene rings is 1. The zero-order chi connectivity index (χ0) is 14.8. The summed E-state index contributed by atoms with van der Waals surface area (Å²) in [6, 6.07) is 8.15. The first-order valence-electron chi connectivity index (χ1n) is 7.55. The zero-order valence-corrected chi connectivity index (χ0v) is 12.5. The largest absolute Gasteiger partial charge is 0.489 e. The average molecular weight is 283 g/mol. The molecule has 1 atom stereocenters. The van der Waals surface area contributed by atoms with Crippen LogP contribution in [0.1, 0.15) is 48.6 Å². The van der Waals surface area contributed by atoms with Crippen molar-refractivity contribution in [3.63, 3.8) is 0 Å². The number of aliphatic hydroxyl groups is 1. The number of hydrogen-bond acceptors (Lipinski definition) is 3. The van der Waals surface area contributed by atoms with Gasteiger partial charge in [0.05, 0.1) is 12.3 Å². The Bertz CT molecular complexity index is 637. The van der Waals surface area contributed by atoms with Crippen LogP contribution in [0.25, 0.3) is 0 Å². The Kier molecular flexibility index (Phi) is 3.93. The summed E-state index contributed by atoms with van der Waals surface area (Å²) in [4.78, 5) is 4.17. The summed E-state index contributed by atoms with van der Waals surface area (Å²) in [6.07, 6.45) is 6.31. The van der Waals surface area contributed by atoms with Crippen LogP contribution in [0.5, 0.6) is 5.75 Å². The van der Waals surface area contributed by atoms with Crippen molar-refractivity contribution in [3.05, 3.63) is 58.9 Å². The summed E-state index contributed by atoms with van der Waals surface area (Å²) in [5.41, 5.74) is 4.49. The molecule has 2 aromatic rings. The second-order valence-corrected chi connectivity index (χ2v) is 5.90. The fourth-order valence-corrected chi connectivity index (χ4v) is 2.88. The number of aryl methyl sites for hydroxylation is 2. The molecule has 3 nitrogen and oxygen atoms in total. The van der Waals surface area contributed by atoms with Crippen LogP contribution in [-0.4, -0.2) is 16.2 Å². The summed E-state index contributed by atoms with van der Waals surface area (Å²) in [5, 5.41) is 10.6. The number of aliphatic hydroxyl groups excluding tert-OH is 1. The highest BCUT2D eigenvalue weighted by atomic mass is 16.5. The third-order valence-corrected chi connectivity index (χ3v) is 3.86. The molecule has 3 rings (SSSR count). The molecule has 0 saturated carbocycles. The predicted octanol–water partition coefficient (Wildman–Crippen LogP) is 3.44. The molecule has 1 unspecified atom stereocenters. The molecule has 0 spiro atoms.